The number of halogens is 2. The smallest absolute Gasteiger partial charge is 0.249 e. The molecule has 1 N–H and O–H groups in total. The van der Waals surface area contributed by atoms with Gasteiger partial charge in [-0.3, -0.25) is 14.4 Å². The molecule has 0 unspecified atom stereocenters. The molecule has 2 atom stereocenters. The summed E-state index contributed by atoms with van der Waals surface area (Å²) < 4.78 is 13.6. The largest absolute Gasteiger partial charge is 0.338 e. The number of nitrogens with one attached hydrogen (secondary N) is 1. The van der Waals surface area contributed by atoms with Crippen molar-refractivity contribution in [2.24, 2.45) is 5.92 Å². The number of hydrogen-bond donors (Lipinski definition) is 1. The molecule has 1 aliphatic heterocycles. The third kappa shape index (κ3) is 3.16. The van der Waals surface area contributed by atoms with E-state index in [1.807, 2.05) is 0 Å². The van der Waals surface area contributed by atoms with Gasteiger partial charge in [-0.25, -0.2) is 9.87 Å². The van der Waals surface area contributed by atoms with Crippen molar-refractivity contribution in [1.29, 1.82) is 0 Å². The number of benzene rings is 1. The first kappa shape index (κ1) is 15.7. The van der Waals surface area contributed by atoms with Crippen molar-refractivity contribution in [3.8, 4) is 0 Å². The van der Waals surface area contributed by atoms with E-state index in [1.165, 1.54) is 17.0 Å². The molecular weight excluding hydrogens is 299 g/mol. The Balaban J connectivity index is 2.29. The zero-order valence-corrected chi connectivity index (χ0v) is 12.5. The second-order valence-corrected chi connectivity index (χ2v) is 5.24. The van der Waals surface area contributed by atoms with E-state index in [0.29, 0.717) is 12.2 Å². The maximum Gasteiger partial charge on any atom is 0.249 e. The summed E-state index contributed by atoms with van der Waals surface area (Å²) in [6.45, 7) is 2.06. The predicted molar refractivity (Wildman–Crippen MR) is 74.8 cm³/mol. The van der Waals surface area contributed by atoms with Crippen LogP contribution >= 0.6 is 11.6 Å². The van der Waals surface area contributed by atoms with E-state index in [0.717, 1.165) is 0 Å². The fraction of sp³-hybridized carbons (Fsp3) is 0.429. The third-order valence-corrected chi connectivity index (χ3v) is 3.83. The van der Waals surface area contributed by atoms with Gasteiger partial charge in [-0.15, -0.1) is 0 Å². The van der Waals surface area contributed by atoms with Crippen molar-refractivity contribution >= 4 is 23.4 Å². The van der Waals surface area contributed by atoms with Crippen molar-refractivity contribution in [3.63, 3.8) is 0 Å². The fourth-order valence-electron chi connectivity index (χ4n) is 2.48. The molecule has 0 spiro atoms. The second kappa shape index (κ2) is 6.41. The number of nitrogens with zero attached hydrogens (tertiary/aromatic N) is 1. The van der Waals surface area contributed by atoms with Gasteiger partial charge in [0.25, 0.3) is 0 Å². The molecular formula is C14H16ClFN2O3. The molecule has 0 aliphatic carbocycles. The lowest BCUT2D eigenvalue weighted by Crippen LogP contribution is -2.34. The van der Waals surface area contributed by atoms with Gasteiger partial charge in [-0.05, 0) is 24.6 Å². The van der Waals surface area contributed by atoms with Crippen LogP contribution in [0.1, 0.15) is 24.9 Å². The first-order valence-electron chi connectivity index (χ1n) is 6.58. The molecule has 1 aromatic carbocycles. The van der Waals surface area contributed by atoms with Gasteiger partial charge < -0.3 is 4.90 Å². The monoisotopic (exact) mass is 314 g/mol. The lowest BCUT2D eigenvalue weighted by molar-refractivity contribution is -0.138. The van der Waals surface area contributed by atoms with Crippen LogP contribution in [0.25, 0.3) is 0 Å². The molecule has 7 heteroatoms. The molecule has 114 valence electrons. The Kier molecular flexibility index (Phi) is 4.80. The minimum atomic E-state index is -0.630. The zero-order chi connectivity index (χ0) is 15.6. The fourth-order valence-corrected chi connectivity index (χ4v) is 2.59. The zero-order valence-electron chi connectivity index (χ0n) is 11.7. The molecule has 2 amide bonds. The molecule has 1 heterocycles. The van der Waals surface area contributed by atoms with E-state index < -0.39 is 23.7 Å². The topological polar surface area (TPSA) is 58.6 Å². The van der Waals surface area contributed by atoms with E-state index in [2.05, 4.69) is 5.48 Å². The summed E-state index contributed by atoms with van der Waals surface area (Å²) in [5.74, 6) is -1.78. The highest BCUT2D eigenvalue weighted by molar-refractivity contribution is 6.30. The average molecular weight is 315 g/mol. The number of rotatable bonds is 4. The summed E-state index contributed by atoms with van der Waals surface area (Å²) in [4.78, 5) is 30.3. The number of amides is 2. The van der Waals surface area contributed by atoms with Gasteiger partial charge in [-0.2, -0.15) is 0 Å². The number of hydroxylamine groups is 1. The Hall–Kier alpha value is -1.66. The van der Waals surface area contributed by atoms with Crippen molar-refractivity contribution in [3.05, 3.63) is 34.6 Å². The molecule has 1 aliphatic rings. The molecule has 1 fully saturated rings. The van der Waals surface area contributed by atoms with Crippen LogP contribution in [0.15, 0.2) is 18.2 Å². The highest BCUT2D eigenvalue weighted by Crippen LogP contribution is 2.37. The summed E-state index contributed by atoms with van der Waals surface area (Å²) in [5, 5.41) is 0.000967. The maximum absolute atomic E-state index is 13.6. The molecule has 0 radical (unpaired) electrons. The first-order valence-corrected chi connectivity index (χ1v) is 6.95. The van der Waals surface area contributed by atoms with Crippen molar-refractivity contribution in [1.82, 2.24) is 10.4 Å². The summed E-state index contributed by atoms with van der Waals surface area (Å²) in [7, 11) is 1.59. The number of likely N-dealkylation sites (tertiary alicyclic amines) is 1. The van der Waals surface area contributed by atoms with Gasteiger partial charge in [0.2, 0.25) is 11.8 Å². The number of carbonyl (C=O) groups is 2. The molecule has 0 bridgehead atoms. The van der Waals surface area contributed by atoms with E-state index in [1.54, 1.807) is 20.0 Å². The van der Waals surface area contributed by atoms with Gasteiger partial charge in [0, 0.05) is 13.5 Å². The second-order valence-electron chi connectivity index (χ2n) is 4.83. The van der Waals surface area contributed by atoms with Crippen molar-refractivity contribution in [2.45, 2.75) is 19.4 Å². The van der Waals surface area contributed by atoms with Crippen LogP contribution in [0, 0.1) is 11.7 Å². The lowest BCUT2D eigenvalue weighted by Gasteiger charge is -2.24. The van der Waals surface area contributed by atoms with E-state index >= 15 is 0 Å². The van der Waals surface area contributed by atoms with Gasteiger partial charge in [0.05, 0.1) is 23.6 Å². The Labute approximate surface area is 127 Å². The summed E-state index contributed by atoms with van der Waals surface area (Å²) in [6.07, 6.45) is 0.0598. The standard InChI is InChI=1S/C14H16ClFN2O3/c1-3-21-17-14(20)9-7-12(19)18(2)13(9)8-4-5-10(15)11(16)6-8/h4-6,9,13H,3,7H2,1-2H3,(H,17,20)/t9-,13+/m1/s1. The van der Waals surface area contributed by atoms with Gasteiger partial charge in [-0.1, -0.05) is 17.7 Å². The molecule has 5 nitrogen and oxygen atoms in total. The van der Waals surface area contributed by atoms with E-state index in [9.17, 15) is 14.0 Å². The highest BCUT2D eigenvalue weighted by Gasteiger charge is 2.43. The minimum absolute atomic E-state index is 0.000967. The Morgan fingerprint density at radius 2 is 2.29 bits per heavy atom. The van der Waals surface area contributed by atoms with Gasteiger partial charge in [0.15, 0.2) is 0 Å². The quantitative estimate of drug-likeness (QED) is 0.866. The van der Waals surface area contributed by atoms with Crippen LogP contribution in [-0.4, -0.2) is 30.4 Å². The molecule has 1 saturated heterocycles. The van der Waals surface area contributed by atoms with Crippen molar-refractivity contribution in [2.75, 3.05) is 13.7 Å². The van der Waals surface area contributed by atoms with Crippen LogP contribution in [0.5, 0.6) is 0 Å². The van der Waals surface area contributed by atoms with Crippen LogP contribution in [-0.2, 0) is 14.4 Å². The van der Waals surface area contributed by atoms with E-state index in [4.69, 9.17) is 16.4 Å². The Bertz CT molecular complexity index is 567. The SMILES string of the molecule is CCONC(=O)[C@@H]1CC(=O)N(C)[C@H]1c1ccc(Cl)c(F)c1. The van der Waals surface area contributed by atoms with Crippen molar-refractivity contribution < 1.29 is 18.8 Å². The highest BCUT2D eigenvalue weighted by atomic mass is 35.5. The van der Waals surface area contributed by atoms with Crippen LogP contribution in [0.2, 0.25) is 5.02 Å². The predicted octanol–water partition coefficient (Wildman–Crippen LogP) is 2.07. The normalized spacial score (nSPS) is 21.7. The van der Waals surface area contributed by atoms with Gasteiger partial charge in [0.1, 0.15) is 5.82 Å². The van der Waals surface area contributed by atoms with Crippen LogP contribution < -0.4 is 5.48 Å². The maximum atomic E-state index is 13.6. The Morgan fingerprint density at radius 3 is 2.90 bits per heavy atom. The minimum Gasteiger partial charge on any atom is -0.338 e. The number of hydrogen-bond acceptors (Lipinski definition) is 3. The van der Waals surface area contributed by atoms with Crippen LogP contribution in [0.4, 0.5) is 4.39 Å². The van der Waals surface area contributed by atoms with Gasteiger partial charge >= 0.3 is 0 Å². The summed E-state index contributed by atoms with van der Waals surface area (Å²) in [5.41, 5.74) is 2.83. The number of carbonyl (C=O) groups excluding carboxylic acids is 2. The van der Waals surface area contributed by atoms with E-state index in [-0.39, 0.29) is 17.4 Å². The third-order valence-electron chi connectivity index (χ3n) is 3.53. The molecule has 2 rings (SSSR count). The molecule has 1 aromatic rings. The summed E-state index contributed by atoms with van der Waals surface area (Å²) in [6, 6.07) is 3.75. The lowest BCUT2D eigenvalue weighted by atomic mass is 9.93. The summed E-state index contributed by atoms with van der Waals surface area (Å²) >= 11 is 5.67. The first-order chi connectivity index (χ1) is 9.95. The average Bonchev–Trinajstić information content (AvgIpc) is 2.75. The Morgan fingerprint density at radius 1 is 1.57 bits per heavy atom. The molecule has 21 heavy (non-hydrogen) atoms. The molecule has 0 saturated carbocycles. The van der Waals surface area contributed by atoms with Crippen LogP contribution in [0.3, 0.4) is 0 Å². The molecule has 0 aromatic heterocycles.